The molecule has 0 bridgehead atoms. The van der Waals surface area contributed by atoms with Crippen LogP contribution in [0.5, 0.6) is 0 Å². The summed E-state index contributed by atoms with van der Waals surface area (Å²) < 4.78 is 13.3. The van der Waals surface area contributed by atoms with Crippen LogP contribution in [0.2, 0.25) is 0 Å². The SMILES string of the molecule is CCC[C@H]1CC[C@H](c2ccc(-c3ccc4cc(F)ccc4c3)cc2)CC1. The Kier molecular flexibility index (Phi) is 5.06. The summed E-state index contributed by atoms with van der Waals surface area (Å²) in [6, 6.07) is 20.4. The first kappa shape index (κ1) is 17.3. The average molecular weight is 346 g/mol. The highest BCUT2D eigenvalue weighted by Gasteiger charge is 2.21. The van der Waals surface area contributed by atoms with Crippen LogP contribution < -0.4 is 0 Å². The predicted octanol–water partition coefficient (Wildman–Crippen LogP) is 7.72. The summed E-state index contributed by atoms with van der Waals surface area (Å²) in [4.78, 5) is 0. The molecule has 0 unspecified atom stereocenters. The van der Waals surface area contributed by atoms with Crippen LogP contribution >= 0.6 is 0 Å². The molecule has 3 aromatic rings. The number of rotatable bonds is 4. The third kappa shape index (κ3) is 3.67. The summed E-state index contributed by atoms with van der Waals surface area (Å²) in [5.41, 5.74) is 3.92. The van der Waals surface area contributed by atoms with Crippen molar-refractivity contribution in [3.05, 3.63) is 72.0 Å². The molecule has 0 radical (unpaired) electrons. The second kappa shape index (κ2) is 7.61. The van der Waals surface area contributed by atoms with Gasteiger partial charge in [-0.2, -0.15) is 0 Å². The van der Waals surface area contributed by atoms with Gasteiger partial charge in [-0.05, 0) is 83.2 Å². The Hall–Kier alpha value is -2.15. The summed E-state index contributed by atoms with van der Waals surface area (Å²) in [7, 11) is 0. The van der Waals surface area contributed by atoms with Gasteiger partial charge in [0.05, 0.1) is 0 Å². The van der Waals surface area contributed by atoms with Crippen LogP contribution in [0.3, 0.4) is 0 Å². The van der Waals surface area contributed by atoms with E-state index in [1.165, 1.54) is 61.3 Å². The van der Waals surface area contributed by atoms with Crippen LogP contribution in [0.1, 0.15) is 56.9 Å². The Balaban J connectivity index is 1.50. The summed E-state index contributed by atoms with van der Waals surface area (Å²) in [5.74, 6) is 1.51. The summed E-state index contributed by atoms with van der Waals surface area (Å²) >= 11 is 0. The van der Waals surface area contributed by atoms with E-state index >= 15 is 0 Å². The molecule has 26 heavy (non-hydrogen) atoms. The van der Waals surface area contributed by atoms with Crippen LogP contribution in [-0.4, -0.2) is 0 Å². The molecule has 0 aliphatic heterocycles. The van der Waals surface area contributed by atoms with Gasteiger partial charge in [0.1, 0.15) is 5.82 Å². The van der Waals surface area contributed by atoms with Gasteiger partial charge < -0.3 is 0 Å². The van der Waals surface area contributed by atoms with Gasteiger partial charge in [0, 0.05) is 0 Å². The molecule has 1 heteroatoms. The molecule has 0 nitrogen and oxygen atoms in total. The molecule has 3 aromatic carbocycles. The van der Waals surface area contributed by atoms with Crippen molar-refractivity contribution in [3.63, 3.8) is 0 Å². The van der Waals surface area contributed by atoms with E-state index in [0.717, 1.165) is 22.6 Å². The lowest BCUT2D eigenvalue weighted by molar-refractivity contribution is 0.308. The molecule has 0 aromatic heterocycles. The van der Waals surface area contributed by atoms with Gasteiger partial charge in [-0.1, -0.05) is 62.2 Å². The molecule has 134 valence electrons. The van der Waals surface area contributed by atoms with Gasteiger partial charge in [-0.3, -0.25) is 0 Å². The third-order valence-electron chi connectivity index (χ3n) is 6.06. The predicted molar refractivity (Wildman–Crippen MR) is 109 cm³/mol. The lowest BCUT2D eigenvalue weighted by Gasteiger charge is -2.28. The lowest BCUT2D eigenvalue weighted by Crippen LogP contribution is -2.13. The van der Waals surface area contributed by atoms with Gasteiger partial charge in [0.2, 0.25) is 0 Å². The summed E-state index contributed by atoms with van der Waals surface area (Å²) in [6.45, 7) is 2.30. The van der Waals surface area contributed by atoms with Gasteiger partial charge in [0.15, 0.2) is 0 Å². The topological polar surface area (TPSA) is 0 Å². The van der Waals surface area contributed by atoms with Crippen LogP contribution in [0.15, 0.2) is 60.7 Å². The molecule has 1 aliphatic rings. The summed E-state index contributed by atoms with van der Waals surface area (Å²) in [6.07, 6.45) is 8.18. The highest BCUT2D eigenvalue weighted by atomic mass is 19.1. The van der Waals surface area contributed by atoms with Crippen molar-refractivity contribution in [2.75, 3.05) is 0 Å². The van der Waals surface area contributed by atoms with E-state index < -0.39 is 0 Å². The van der Waals surface area contributed by atoms with Crippen molar-refractivity contribution >= 4 is 10.8 Å². The fourth-order valence-electron chi connectivity index (χ4n) is 4.54. The number of hydrogen-bond acceptors (Lipinski definition) is 0. The van der Waals surface area contributed by atoms with E-state index in [9.17, 15) is 4.39 Å². The van der Waals surface area contributed by atoms with Crippen molar-refractivity contribution in [2.45, 2.75) is 51.4 Å². The molecule has 4 rings (SSSR count). The molecule has 0 N–H and O–H groups in total. The van der Waals surface area contributed by atoms with E-state index in [1.54, 1.807) is 6.07 Å². The quantitative estimate of drug-likeness (QED) is 0.453. The van der Waals surface area contributed by atoms with Crippen molar-refractivity contribution in [1.29, 1.82) is 0 Å². The smallest absolute Gasteiger partial charge is 0.123 e. The van der Waals surface area contributed by atoms with Crippen molar-refractivity contribution in [2.24, 2.45) is 5.92 Å². The fourth-order valence-corrected chi connectivity index (χ4v) is 4.54. The Morgan fingerprint density at radius 2 is 1.42 bits per heavy atom. The monoisotopic (exact) mass is 346 g/mol. The lowest BCUT2D eigenvalue weighted by atomic mass is 9.77. The number of benzene rings is 3. The Labute approximate surface area is 156 Å². The van der Waals surface area contributed by atoms with E-state index in [4.69, 9.17) is 0 Å². The van der Waals surface area contributed by atoms with Crippen molar-refractivity contribution in [1.82, 2.24) is 0 Å². The highest BCUT2D eigenvalue weighted by Crippen LogP contribution is 2.38. The standard InChI is InChI=1S/C25H27F/c1-2-3-18-4-6-19(7-5-18)20-8-10-21(11-9-20)22-12-13-24-17-25(26)15-14-23(24)16-22/h8-19H,2-7H2,1H3/t18-,19-. The first-order valence-corrected chi connectivity index (χ1v) is 10.0. The van der Waals surface area contributed by atoms with Crippen LogP contribution in [0.25, 0.3) is 21.9 Å². The molecule has 0 saturated heterocycles. The average Bonchev–Trinajstić information content (AvgIpc) is 2.69. The van der Waals surface area contributed by atoms with Crippen molar-refractivity contribution < 1.29 is 4.39 Å². The largest absolute Gasteiger partial charge is 0.207 e. The second-order valence-corrected chi connectivity index (χ2v) is 7.83. The Bertz CT molecular complexity index is 870. The molecule has 1 aliphatic carbocycles. The first-order valence-electron chi connectivity index (χ1n) is 10.0. The van der Waals surface area contributed by atoms with Gasteiger partial charge in [-0.25, -0.2) is 4.39 Å². The van der Waals surface area contributed by atoms with E-state index in [0.29, 0.717) is 0 Å². The molecule has 0 atom stereocenters. The molecular weight excluding hydrogens is 319 g/mol. The zero-order chi connectivity index (χ0) is 17.9. The fraction of sp³-hybridized carbons (Fsp3) is 0.360. The number of fused-ring (bicyclic) bond motifs is 1. The Morgan fingerprint density at radius 3 is 2.15 bits per heavy atom. The van der Waals surface area contributed by atoms with Crippen molar-refractivity contribution in [3.8, 4) is 11.1 Å². The molecule has 0 heterocycles. The highest BCUT2D eigenvalue weighted by molar-refractivity contribution is 5.87. The molecule has 0 amide bonds. The van der Waals surface area contributed by atoms with E-state index in [1.807, 2.05) is 12.1 Å². The van der Waals surface area contributed by atoms with Crippen LogP contribution in [0.4, 0.5) is 4.39 Å². The minimum Gasteiger partial charge on any atom is -0.207 e. The maximum Gasteiger partial charge on any atom is 0.123 e. The molecule has 1 fully saturated rings. The van der Waals surface area contributed by atoms with E-state index in [-0.39, 0.29) is 5.82 Å². The minimum atomic E-state index is -0.178. The third-order valence-corrected chi connectivity index (χ3v) is 6.06. The maximum atomic E-state index is 13.3. The summed E-state index contributed by atoms with van der Waals surface area (Å²) in [5, 5.41) is 2.04. The van der Waals surface area contributed by atoms with Gasteiger partial charge >= 0.3 is 0 Å². The van der Waals surface area contributed by atoms with Crippen LogP contribution in [0, 0.1) is 11.7 Å². The van der Waals surface area contributed by atoms with Crippen LogP contribution in [-0.2, 0) is 0 Å². The zero-order valence-corrected chi connectivity index (χ0v) is 15.5. The zero-order valence-electron chi connectivity index (χ0n) is 15.5. The second-order valence-electron chi connectivity index (χ2n) is 7.83. The van der Waals surface area contributed by atoms with E-state index in [2.05, 4.69) is 43.3 Å². The molecular formula is C25H27F. The minimum absolute atomic E-state index is 0.178. The van der Waals surface area contributed by atoms with Gasteiger partial charge in [-0.15, -0.1) is 0 Å². The molecule has 0 spiro atoms. The Morgan fingerprint density at radius 1 is 0.769 bits per heavy atom. The molecule has 1 saturated carbocycles. The number of halogens is 1. The number of hydrogen-bond donors (Lipinski definition) is 0. The van der Waals surface area contributed by atoms with Gasteiger partial charge in [0.25, 0.3) is 0 Å². The first-order chi connectivity index (χ1) is 12.7. The maximum absolute atomic E-state index is 13.3. The normalized spacial score (nSPS) is 20.4.